The van der Waals surface area contributed by atoms with Gasteiger partial charge in [-0.25, -0.2) is 4.98 Å². The van der Waals surface area contributed by atoms with Crippen LogP contribution in [0.25, 0.3) is 0 Å². The zero-order valence-electron chi connectivity index (χ0n) is 15.3. The van der Waals surface area contributed by atoms with Crippen molar-refractivity contribution in [3.05, 3.63) is 40.4 Å². The van der Waals surface area contributed by atoms with Crippen LogP contribution in [0.1, 0.15) is 60.5 Å². The number of nitrogens with zero attached hydrogens (tertiary/aromatic N) is 1. The smallest absolute Gasteiger partial charge is 0.257 e. The number of aromatic nitrogens is 1. The average Bonchev–Trinajstić information content (AvgIpc) is 3.05. The maximum Gasteiger partial charge on any atom is 0.257 e. The molecule has 0 fully saturated rings. The largest absolute Gasteiger partial charge is 0.326 e. The van der Waals surface area contributed by atoms with E-state index >= 15 is 0 Å². The molecule has 0 bridgehead atoms. The molecule has 1 aliphatic rings. The van der Waals surface area contributed by atoms with Crippen molar-refractivity contribution in [2.75, 3.05) is 10.6 Å². The summed E-state index contributed by atoms with van der Waals surface area (Å²) in [5.41, 5.74) is 2.40. The molecule has 1 heterocycles. The van der Waals surface area contributed by atoms with E-state index in [1.54, 1.807) is 35.6 Å². The maximum absolute atomic E-state index is 12.4. The number of aryl methyl sites for hydroxylation is 2. The minimum atomic E-state index is -0.172. The lowest BCUT2D eigenvalue weighted by molar-refractivity contribution is -0.120. The number of thiazole rings is 1. The zero-order chi connectivity index (χ0) is 18.5. The first kappa shape index (κ1) is 18.6. The Balaban J connectivity index is 1.61. The zero-order valence-corrected chi connectivity index (χ0v) is 16.1. The number of anilines is 2. The maximum atomic E-state index is 12.4. The van der Waals surface area contributed by atoms with Crippen LogP contribution in [0.4, 0.5) is 10.8 Å². The Labute approximate surface area is 158 Å². The van der Waals surface area contributed by atoms with Crippen molar-refractivity contribution in [1.29, 1.82) is 0 Å². The van der Waals surface area contributed by atoms with Crippen molar-refractivity contribution in [2.24, 2.45) is 5.92 Å². The Morgan fingerprint density at radius 2 is 1.77 bits per heavy atom. The van der Waals surface area contributed by atoms with Gasteiger partial charge in [0.25, 0.3) is 5.91 Å². The molecule has 5 nitrogen and oxygen atoms in total. The predicted molar refractivity (Wildman–Crippen MR) is 106 cm³/mol. The van der Waals surface area contributed by atoms with E-state index in [1.165, 1.54) is 17.7 Å². The van der Waals surface area contributed by atoms with Crippen molar-refractivity contribution in [3.8, 4) is 0 Å². The van der Waals surface area contributed by atoms with E-state index in [0.29, 0.717) is 16.4 Å². The second-order valence-electron chi connectivity index (χ2n) is 6.63. The Morgan fingerprint density at radius 3 is 2.42 bits per heavy atom. The fourth-order valence-electron chi connectivity index (χ4n) is 3.18. The Bertz CT molecular complexity index is 755. The van der Waals surface area contributed by atoms with Gasteiger partial charge in [-0.3, -0.25) is 14.9 Å². The standard InChI is InChI=1S/C20H25N3O2S/c1-3-13(4-2)18(24)21-15-11-9-14(10-12-15)19(25)23-20-22-16-7-5-6-8-17(16)26-20/h9-13H,3-8H2,1-2H3,(H,21,24)(H,22,23,25). The van der Waals surface area contributed by atoms with Crippen LogP contribution in [0, 0.1) is 5.92 Å². The van der Waals surface area contributed by atoms with Gasteiger partial charge < -0.3 is 5.32 Å². The fourth-order valence-corrected chi connectivity index (χ4v) is 4.23. The lowest BCUT2D eigenvalue weighted by Gasteiger charge is -2.13. The molecule has 2 N–H and O–H groups in total. The van der Waals surface area contributed by atoms with Gasteiger partial charge in [0.05, 0.1) is 5.69 Å². The topological polar surface area (TPSA) is 71.1 Å². The molecular formula is C20H25N3O2S. The summed E-state index contributed by atoms with van der Waals surface area (Å²) in [5.74, 6) is -0.122. The summed E-state index contributed by atoms with van der Waals surface area (Å²) in [6, 6.07) is 6.99. The number of carbonyl (C=O) groups is 2. The highest BCUT2D eigenvalue weighted by Crippen LogP contribution is 2.29. The van der Waals surface area contributed by atoms with Gasteiger partial charge in [0.2, 0.25) is 5.91 Å². The van der Waals surface area contributed by atoms with E-state index in [-0.39, 0.29) is 17.7 Å². The van der Waals surface area contributed by atoms with E-state index in [4.69, 9.17) is 0 Å². The van der Waals surface area contributed by atoms with Crippen LogP contribution < -0.4 is 10.6 Å². The molecule has 2 amide bonds. The Morgan fingerprint density at radius 1 is 1.08 bits per heavy atom. The highest BCUT2D eigenvalue weighted by atomic mass is 32.1. The molecule has 1 aromatic carbocycles. The predicted octanol–water partition coefficient (Wildman–Crippen LogP) is 4.65. The van der Waals surface area contributed by atoms with Crippen molar-refractivity contribution < 1.29 is 9.59 Å². The van der Waals surface area contributed by atoms with Gasteiger partial charge in [-0.05, 0) is 62.8 Å². The lowest BCUT2D eigenvalue weighted by atomic mass is 10.0. The number of hydrogen-bond donors (Lipinski definition) is 2. The first-order valence-corrected chi connectivity index (χ1v) is 10.1. The first-order valence-electron chi connectivity index (χ1n) is 9.31. The van der Waals surface area contributed by atoms with Crippen LogP contribution in [0.15, 0.2) is 24.3 Å². The summed E-state index contributed by atoms with van der Waals surface area (Å²) in [7, 11) is 0. The third-order valence-corrected chi connectivity index (χ3v) is 5.91. The van der Waals surface area contributed by atoms with Crippen LogP contribution in [0.3, 0.4) is 0 Å². The number of carbonyl (C=O) groups excluding carboxylic acids is 2. The Hall–Kier alpha value is -2.21. The lowest BCUT2D eigenvalue weighted by Crippen LogP contribution is -2.21. The van der Waals surface area contributed by atoms with Crippen molar-refractivity contribution in [1.82, 2.24) is 4.98 Å². The molecule has 6 heteroatoms. The molecule has 1 aromatic heterocycles. The number of nitrogens with one attached hydrogen (secondary N) is 2. The minimum absolute atomic E-state index is 0.0221. The van der Waals surface area contributed by atoms with Crippen molar-refractivity contribution in [2.45, 2.75) is 52.4 Å². The number of fused-ring (bicyclic) bond motifs is 1. The third kappa shape index (κ3) is 4.30. The summed E-state index contributed by atoms with van der Waals surface area (Å²) in [6.07, 6.45) is 6.09. The van der Waals surface area contributed by atoms with Gasteiger partial charge in [0.15, 0.2) is 5.13 Å². The quantitative estimate of drug-likeness (QED) is 0.776. The van der Waals surface area contributed by atoms with E-state index in [2.05, 4.69) is 15.6 Å². The van der Waals surface area contributed by atoms with Crippen LogP contribution in [0.5, 0.6) is 0 Å². The molecule has 0 atom stereocenters. The van der Waals surface area contributed by atoms with Gasteiger partial charge in [-0.1, -0.05) is 13.8 Å². The second-order valence-corrected chi connectivity index (χ2v) is 7.71. The van der Waals surface area contributed by atoms with E-state index < -0.39 is 0 Å². The second kappa shape index (κ2) is 8.45. The minimum Gasteiger partial charge on any atom is -0.326 e. The normalized spacial score (nSPS) is 13.3. The molecule has 2 aromatic rings. The first-order chi connectivity index (χ1) is 12.6. The number of hydrogen-bond acceptors (Lipinski definition) is 4. The molecule has 1 aliphatic carbocycles. The molecule has 0 saturated heterocycles. The fraction of sp³-hybridized carbons (Fsp3) is 0.450. The Kier molecular flexibility index (Phi) is 6.04. The van der Waals surface area contributed by atoms with Crippen LogP contribution >= 0.6 is 11.3 Å². The monoisotopic (exact) mass is 371 g/mol. The summed E-state index contributed by atoms with van der Waals surface area (Å²) >= 11 is 1.58. The van der Waals surface area contributed by atoms with Crippen LogP contribution in [-0.4, -0.2) is 16.8 Å². The summed E-state index contributed by atoms with van der Waals surface area (Å²) in [5, 5.41) is 6.48. The number of rotatable bonds is 6. The molecule has 26 heavy (non-hydrogen) atoms. The van der Waals surface area contributed by atoms with Crippen LogP contribution in [-0.2, 0) is 17.6 Å². The molecular weight excluding hydrogens is 346 g/mol. The SMILES string of the molecule is CCC(CC)C(=O)Nc1ccc(C(=O)Nc2nc3c(s2)CCCC3)cc1. The molecule has 0 radical (unpaired) electrons. The van der Waals surface area contributed by atoms with Gasteiger partial charge in [0.1, 0.15) is 0 Å². The third-order valence-electron chi connectivity index (χ3n) is 4.84. The van der Waals surface area contributed by atoms with Gasteiger partial charge in [0, 0.05) is 22.0 Å². The van der Waals surface area contributed by atoms with Gasteiger partial charge >= 0.3 is 0 Å². The van der Waals surface area contributed by atoms with Crippen LogP contribution in [0.2, 0.25) is 0 Å². The van der Waals surface area contributed by atoms with E-state index in [0.717, 1.165) is 31.4 Å². The molecule has 0 aliphatic heterocycles. The van der Waals surface area contributed by atoms with Gasteiger partial charge in [-0.15, -0.1) is 11.3 Å². The summed E-state index contributed by atoms with van der Waals surface area (Å²) in [4.78, 5) is 30.4. The van der Waals surface area contributed by atoms with Gasteiger partial charge in [-0.2, -0.15) is 0 Å². The summed E-state index contributed by atoms with van der Waals surface area (Å²) < 4.78 is 0. The summed E-state index contributed by atoms with van der Waals surface area (Å²) in [6.45, 7) is 4.02. The van der Waals surface area contributed by atoms with E-state index in [9.17, 15) is 9.59 Å². The highest BCUT2D eigenvalue weighted by molar-refractivity contribution is 7.15. The number of amides is 2. The molecule has 0 unspecified atom stereocenters. The molecule has 138 valence electrons. The molecule has 0 saturated carbocycles. The van der Waals surface area contributed by atoms with Crippen molar-refractivity contribution >= 4 is 34.0 Å². The van der Waals surface area contributed by atoms with Crippen molar-refractivity contribution in [3.63, 3.8) is 0 Å². The number of benzene rings is 1. The highest BCUT2D eigenvalue weighted by Gasteiger charge is 2.17. The average molecular weight is 372 g/mol. The van der Waals surface area contributed by atoms with E-state index in [1.807, 2.05) is 13.8 Å². The molecule has 0 spiro atoms. The molecule has 3 rings (SSSR count).